The van der Waals surface area contributed by atoms with Crippen LogP contribution in [0.2, 0.25) is 0 Å². The number of nitriles is 1. The van der Waals surface area contributed by atoms with Crippen LogP contribution in [0, 0.1) is 11.3 Å². The summed E-state index contributed by atoms with van der Waals surface area (Å²) in [6.07, 6.45) is 1.82. The highest BCUT2D eigenvalue weighted by molar-refractivity contribution is 5.33. The molecule has 0 aliphatic rings. The van der Waals surface area contributed by atoms with Crippen LogP contribution in [-0.4, -0.2) is 6.04 Å². The van der Waals surface area contributed by atoms with Crippen LogP contribution >= 0.6 is 0 Å². The highest BCUT2D eigenvalue weighted by Gasteiger charge is 2.03. The molecule has 0 aliphatic carbocycles. The van der Waals surface area contributed by atoms with Gasteiger partial charge in [-0.2, -0.15) is 5.26 Å². The quantitative estimate of drug-likeness (QED) is 0.882. The van der Waals surface area contributed by atoms with Crippen LogP contribution in [0.15, 0.2) is 48.5 Å². The summed E-state index contributed by atoms with van der Waals surface area (Å²) in [6, 6.07) is 17.8. The van der Waals surface area contributed by atoms with Crippen molar-refractivity contribution < 1.29 is 4.74 Å². The minimum Gasteiger partial charge on any atom is -0.489 e. The highest BCUT2D eigenvalue weighted by atomic mass is 16.5. The van der Waals surface area contributed by atoms with Gasteiger partial charge in [0, 0.05) is 6.04 Å². The van der Waals surface area contributed by atoms with E-state index in [0.29, 0.717) is 12.2 Å². The van der Waals surface area contributed by atoms with Crippen molar-refractivity contribution in [3.63, 3.8) is 0 Å². The van der Waals surface area contributed by atoms with Crippen molar-refractivity contribution in [2.24, 2.45) is 5.73 Å². The number of ether oxygens (including phenoxy) is 1. The number of nitrogens with zero attached hydrogens (tertiary/aromatic N) is 1. The van der Waals surface area contributed by atoms with Crippen LogP contribution in [0.25, 0.3) is 0 Å². The molecule has 2 rings (SSSR count). The fourth-order valence-corrected chi connectivity index (χ4v) is 2.11. The van der Waals surface area contributed by atoms with E-state index in [1.54, 1.807) is 6.07 Å². The van der Waals surface area contributed by atoms with Crippen molar-refractivity contribution in [1.82, 2.24) is 0 Å². The van der Waals surface area contributed by atoms with Gasteiger partial charge in [-0.25, -0.2) is 0 Å². The smallest absolute Gasteiger partial charge is 0.120 e. The molecule has 1 unspecified atom stereocenters. The second-order valence-corrected chi connectivity index (χ2v) is 5.12. The van der Waals surface area contributed by atoms with E-state index in [4.69, 9.17) is 15.7 Å². The SMILES string of the molecule is CCC(N)Cc1cccc(OCc2cccc(C#N)c2)c1. The molecule has 0 saturated heterocycles. The molecule has 0 saturated carbocycles. The molecule has 3 heteroatoms. The molecule has 2 aromatic rings. The van der Waals surface area contributed by atoms with E-state index < -0.39 is 0 Å². The van der Waals surface area contributed by atoms with Gasteiger partial charge in [0.05, 0.1) is 11.6 Å². The fraction of sp³-hybridized carbons (Fsp3) is 0.278. The maximum atomic E-state index is 8.89. The summed E-state index contributed by atoms with van der Waals surface area (Å²) in [4.78, 5) is 0. The summed E-state index contributed by atoms with van der Waals surface area (Å²) in [5.74, 6) is 0.832. The molecule has 108 valence electrons. The summed E-state index contributed by atoms with van der Waals surface area (Å²) in [6.45, 7) is 2.55. The van der Waals surface area contributed by atoms with E-state index in [1.165, 1.54) is 5.56 Å². The highest BCUT2D eigenvalue weighted by Crippen LogP contribution is 2.17. The predicted molar refractivity (Wildman–Crippen MR) is 83.9 cm³/mol. The Kier molecular flexibility index (Phi) is 5.36. The van der Waals surface area contributed by atoms with E-state index in [9.17, 15) is 0 Å². The van der Waals surface area contributed by atoms with E-state index in [1.807, 2.05) is 36.4 Å². The van der Waals surface area contributed by atoms with Gasteiger partial charge in [-0.1, -0.05) is 31.2 Å². The molecule has 2 N–H and O–H groups in total. The lowest BCUT2D eigenvalue weighted by Crippen LogP contribution is -2.21. The third-order valence-electron chi connectivity index (χ3n) is 3.38. The molecule has 0 radical (unpaired) electrons. The molecule has 2 aromatic carbocycles. The zero-order chi connectivity index (χ0) is 15.1. The largest absolute Gasteiger partial charge is 0.489 e. The Balaban J connectivity index is 1.99. The Morgan fingerprint density at radius 1 is 1.14 bits per heavy atom. The maximum absolute atomic E-state index is 8.89. The van der Waals surface area contributed by atoms with Crippen LogP contribution < -0.4 is 10.5 Å². The molecule has 0 amide bonds. The van der Waals surface area contributed by atoms with E-state index in [-0.39, 0.29) is 6.04 Å². The molecular weight excluding hydrogens is 260 g/mol. The number of rotatable bonds is 6. The third-order valence-corrected chi connectivity index (χ3v) is 3.38. The molecule has 0 fully saturated rings. The third kappa shape index (κ3) is 4.62. The first-order valence-corrected chi connectivity index (χ1v) is 7.17. The Bertz CT molecular complexity index is 631. The molecule has 0 bridgehead atoms. The number of hydrogen-bond acceptors (Lipinski definition) is 3. The van der Waals surface area contributed by atoms with Gasteiger partial charge in [-0.15, -0.1) is 0 Å². The lowest BCUT2D eigenvalue weighted by atomic mass is 10.0. The minimum absolute atomic E-state index is 0.188. The Hall–Kier alpha value is -2.31. The van der Waals surface area contributed by atoms with E-state index in [2.05, 4.69) is 19.1 Å². The molecule has 1 atom stereocenters. The molecule has 0 aliphatic heterocycles. The van der Waals surface area contributed by atoms with Crippen LogP contribution in [0.1, 0.15) is 30.0 Å². The van der Waals surface area contributed by atoms with Gasteiger partial charge in [0.2, 0.25) is 0 Å². The fourth-order valence-electron chi connectivity index (χ4n) is 2.11. The zero-order valence-corrected chi connectivity index (χ0v) is 12.3. The first-order chi connectivity index (χ1) is 10.2. The van der Waals surface area contributed by atoms with Crippen molar-refractivity contribution >= 4 is 0 Å². The summed E-state index contributed by atoms with van der Waals surface area (Å²) in [5.41, 5.74) is 8.81. The second-order valence-electron chi connectivity index (χ2n) is 5.12. The first-order valence-electron chi connectivity index (χ1n) is 7.17. The minimum atomic E-state index is 0.188. The normalized spacial score (nSPS) is 11.7. The zero-order valence-electron chi connectivity index (χ0n) is 12.3. The average molecular weight is 280 g/mol. The summed E-state index contributed by atoms with van der Waals surface area (Å²) in [5, 5.41) is 8.89. The van der Waals surface area contributed by atoms with Gasteiger partial charge in [0.15, 0.2) is 0 Å². The van der Waals surface area contributed by atoms with Crippen molar-refractivity contribution in [2.75, 3.05) is 0 Å². The Morgan fingerprint density at radius 2 is 1.90 bits per heavy atom. The topological polar surface area (TPSA) is 59.0 Å². The van der Waals surface area contributed by atoms with Gasteiger partial charge in [-0.3, -0.25) is 0 Å². The average Bonchev–Trinajstić information content (AvgIpc) is 2.53. The summed E-state index contributed by atoms with van der Waals surface area (Å²) >= 11 is 0. The maximum Gasteiger partial charge on any atom is 0.120 e. The Labute approximate surface area is 126 Å². The van der Waals surface area contributed by atoms with Crippen molar-refractivity contribution in [3.05, 3.63) is 65.2 Å². The second kappa shape index (κ2) is 7.47. The van der Waals surface area contributed by atoms with Crippen molar-refractivity contribution in [2.45, 2.75) is 32.4 Å². The van der Waals surface area contributed by atoms with Gasteiger partial charge in [0.1, 0.15) is 12.4 Å². The lowest BCUT2D eigenvalue weighted by molar-refractivity contribution is 0.306. The predicted octanol–water partition coefficient (Wildman–Crippen LogP) is 3.42. The van der Waals surface area contributed by atoms with E-state index in [0.717, 1.165) is 24.2 Å². The monoisotopic (exact) mass is 280 g/mol. The molecule has 0 spiro atoms. The van der Waals surface area contributed by atoms with Gasteiger partial charge < -0.3 is 10.5 Å². The van der Waals surface area contributed by atoms with Gasteiger partial charge >= 0.3 is 0 Å². The molecule has 21 heavy (non-hydrogen) atoms. The van der Waals surface area contributed by atoms with Crippen molar-refractivity contribution in [1.29, 1.82) is 5.26 Å². The standard InChI is InChI=1S/C18H20N2O/c1-2-17(20)10-14-5-4-8-18(11-14)21-13-16-7-3-6-15(9-16)12-19/h3-9,11,17H,2,10,13,20H2,1H3. The lowest BCUT2D eigenvalue weighted by Gasteiger charge is -2.11. The first kappa shape index (κ1) is 15.1. The molecule has 0 heterocycles. The van der Waals surface area contributed by atoms with Crippen LogP contribution in [0.3, 0.4) is 0 Å². The molecule has 0 aromatic heterocycles. The Morgan fingerprint density at radius 3 is 2.67 bits per heavy atom. The molecule has 3 nitrogen and oxygen atoms in total. The summed E-state index contributed by atoms with van der Waals surface area (Å²) in [7, 11) is 0. The molecular formula is C18H20N2O. The van der Waals surface area contributed by atoms with Gasteiger partial charge in [0.25, 0.3) is 0 Å². The number of nitrogens with two attached hydrogens (primary N) is 1. The number of hydrogen-bond donors (Lipinski definition) is 1. The van der Waals surface area contributed by atoms with Crippen LogP contribution in [-0.2, 0) is 13.0 Å². The number of benzene rings is 2. The van der Waals surface area contributed by atoms with E-state index >= 15 is 0 Å². The summed E-state index contributed by atoms with van der Waals surface area (Å²) < 4.78 is 5.80. The van der Waals surface area contributed by atoms with Gasteiger partial charge in [-0.05, 0) is 48.2 Å². The van der Waals surface area contributed by atoms with Crippen LogP contribution in [0.4, 0.5) is 0 Å². The van der Waals surface area contributed by atoms with Crippen molar-refractivity contribution in [3.8, 4) is 11.8 Å². The van der Waals surface area contributed by atoms with Crippen LogP contribution in [0.5, 0.6) is 5.75 Å².